The second-order valence-corrected chi connectivity index (χ2v) is 3.11. The van der Waals surface area contributed by atoms with Crippen molar-refractivity contribution in [2.24, 2.45) is 0 Å². The van der Waals surface area contributed by atoms with Crippen molar-refractivity contribution < 1.29 is 23.5 Å². The molecular weight excluding hydrogens is 215 g/mol. The summed E-state index contributed by atoms with van der Waals surface area (Å²) in [7, 11) is 0. The van der Waals surface area contributed by atoms with E-state index in [0.29, 0.717) is 0 Å². The average Bonchev–Trinajstić information content (AvgIpc) is 2.15. The van der Waals surface area contributed by atoms with Gasteiger partial charge in [-0.1, -0.05) is 12.1 Å². The van der Waals surface area contributed by atoms with Gasteiger partial charge in [0.1, 0.15) is 5.82 Å². The van der Waals surface area contributed by atoms with E-state index in [1.54, 1.807) is 0 Å². The van der Waals surface area contributed by atoms with Crippen LogP contribution in [0.2, 0.25) is 0 Å². The molecule has 1 rings (SSSR count). The first-order valence-electron chi connectivity index (χ1n) is 4.59. The smallest absolute Gasteiger partial charge is 0.305 e. The molecule has 4 nitrogen and oxygen atoms in total. The predicted octanol–water partition coefficient (Wildman–Crippen LogP) is 1.95. The number of ether oxygens (including phenoxy) is 2. The topological polar surface area (TPSA) is 52.6 Å². The Hall–Kier alpha value is -1.91. The highest BCUT2D eigenvalue weighted by atomic mass is 19.1. The Morgan fingerprint density at radius 1 is 1.19 bits per heavy atom. The van der Waals surface area contributed by atoms with E-state index >= 15 is 0 Å². The minimum atomic E-state index is -1.20. The molecule has 1 aromatic rings. The van der Waals surface area contributed by atoms with Crippen LogP contribution in [0.5, 0.6) is 0 Å². The van der Waals surface area contributed by atoms with Crippen LogP contribution < -0.4 is 0 Å². The molecule has 0 radical (unpaired) electrons. The summed E-state index contributed by atoms with van der Waals surface area (Å²) in [6.07, 6.45) is -1.20. The van der Waals surface area contributed by atoms with E-state index < -0.39 is 24.0 Å². The SMILES string of the molecule is CC(=O)OC(OC(C)=O)c1cccc(F)c1. The third-order valence-electron chi connectivity index (χ3n) is 1.67. The minimum absolute atomic E-state index is 0.269. The molecule has 0 aromatic heterocycles. The lowest BCUT2D eigenvalue weighted by molar-refractivity contribution is -0.186. The zero-order chi connectivity index (χ0) is 12.1. The molecule has 0 spiro atoms. The Labute approximate surface area is 92.0 Å². The van der Waals surface area contributed by atoms with Crippen LogP contribution in [0.15, 0.2) is 24.3 Å². The second-order valence-electron chi connectivity index (χ2n) is 3.11. The summed E-state index contributed by atoms with van der Waals surface area (Å²) >= 11 is 0. The number of carbonyl (C=O) groups excluding carboxylic acids is 2. The zero-order valence-corrected chi connectivity index (χ0v) is 8.90. The van der Waals surface area contributed by atoms with Crippen LogP contribution in [0, 0.1) is 5.82 Å². The molecule has 0 bridgehead atoms. The highest BCUT2D eigenvalue weighted by Gasteiger charge is 2.18. The molecule has 0 atom stereocenters. The number of benzene rings is 1. The van der Waals surface area contributed by atoms with Gasteiger partial charge in [-0.25, -0.2) is 4.39 Å². The summed E-state index contributed by atoms with van der Waals surface area (Å²) in [5.74, 6) is -1.73. The van der Waals surface area contributed by atoms with Gasteiger partial charge in [0.2, 0.25) is 0 Å². The van der Waals surface area contributed by atoms with Gasteiger partial charge in [0.15, 0.2) is 0 Å². The Bertz CT molecular complexity index is 387. The number of halogens is 1. The first-order valence-corrected chi connectivity index (χ1v) is 4.59. The van der Waals surface area contributed by atoms with E-state index in [0.717, 1.165) is 6.07 Å². The van der Waals surface area contributed by atoms with Crippen molar-refractivity contribution in [3.8, 4) is 0 Å². The van der Waals surface area contributed by atoms with E-state index in [1.807, 2.05) is 0 Å². The van der Waals surface area contributed by atoms with Gasteiger partial charge >= 0.3 is 11.9 Å². The van der Waals surface area contributed by atoms with Crippen molar-refractivity contribution in [1.82, 2.24) is 0 Å². The molecule has 0 fully saturated rings. The van der Waals surface area contributed by atoms with Crippen LogP contribution in [-0.4, -0.2) is 11.9 Å². The molecule has 0 N–H and O–H groups in total. The molecule has 0 aliphatic heterocycles. The fraction of sp³-hybridized carbons (Fsp3) is 0.273. The Morgan fingerprint density at radius 3 is 2.19 bits per heavy atom. The summed E-state index contributed by atoms with van der Waals surface area (Å²) in [4.78, 5) is 21.6. The maximum absolute atomic E-state index is 12.9. The molecule has 0 saturated heterocycles. The molecule has 1 aromatic carbocycles. The van der Waals surface area contributed by atoms with Crippen LogP contribution in [-0.2, 0) is 19.1 Å². The molecule has 5 heteroatoms. The van der Waals surface area contributed by atoms with E-state index in [4.69, 9.17) is 9.47 Å². The van der Waals surface area contributed by atoms with E-state index in [2.05, 4.69) is 0 Å². The number of hydrogen-bond donors (Lipinski definition) is 0. The normalized spacial score (nSPS) is 10.0. The lowest BCUT2D eigenvalue weighted by Crippen LogP contribution is -2.15. The maximum Gasteiger partial charge on any atom is 0.305 e. The highest BCUT2D eigenvalue weighted by molar-refractivity contribution is 5.68. The van der Waals surface area contributed by atoms with Crippen molar-refractivity contribution >= 4 is 11.9 Å². The minimum Gasteiger partial charge on any atom is -0.421 e. The van der Waals surface area contributed by atoms with Crippen LogP contribution >= 0.6 is 0 Å². The summed E-state index contributed by atoms with van der Waals surface area (Å²) in [6.45, 7) is 2.35. The maximum atomic E-state index is 12.9. The lowest BCUT2D eigenvalue weighted by Gasteiger charge is -2.16. The van der Waals surface area contributed by atoms with Crippen LogP contribution in [0.4, 0.5) is 4.39 Å². The van der Waals surface area contributed by atoms with Crippen molar-refractivity contribution in [2.45, 2.75) is 20.1 Å². The molecule has 0 aliphatic rings. The fourth-order valence-electron chi connectivity index (χ4n) is 1.11. The molecule has 0 aliphatic carbocycles. The molecule has 0 saturated carbocycles. The zero-order valence-electron chi connectivity index (χ0n) is 8.90. The number of rotatable bonds is 3. The largest absolute Gasteiger partial charge is 0.421 e. The summed E-state index contributed by atoms with van der Waals surface area (Å²) < 4.78 is 22.4. The van der Waals surface area contributed by atoms with Crippen LogP contribution in [0.25, 0.3) is 0 Å². The van der Waals surface area contributed by atoms with Gasteiger partial charge < -0.3 is 9.47 Å². The molecule has 0 heterocycles. The summed E-state index contributed by atoms with van der Waals surface area (Å²) in [5.41, 5.74) is 0.269. The van der Waals surface area contributed by atoms with Crippen molar-refractivity contribution in [2.75, 3.05) is 0 Å². The average molecular weight is 226 g/mol. The van der Waals surface area contributed by atoms with Gasteiger partial charge in [0.25, 0.3) is 6.29 Å². The molecule has 0 unspecified atom stereocenters. The Balaban J connectivity index is 2.90. The van der Waals surface area contributed by atoms with Gasteiger partial charge in [-0.3, -0.25) is 9.59 Å². The number of hydrogen-bond acceptors (Lipinski definition) is 4. The molecule has 0 amide bonds. The van der Waals surface area contributed by atoms with E-state index in [9.17, 15) is 14.0 Å². The van der Waals surface area contributed by atoms with Crippen LogP contribution in [0.3, 0.4) is 0 Å². The standard InChI is InChI=1S/C11H11FO4/c1-7(13)15-11(16-8(2)14)9-4-3-5-10(12)6-9/h3-6,11H,1-2H3. The molecular formula is C11H11FO4. The van der Waals surface area contributed by atoms with Crippen LogP contribution in [0.1, 0.15) is 25.7 Å². The first kappa shape index (κ1) is 12.2. The van der Waals surface area contributed by atoms with Gasteiger partial charge in [-0.05, 0) is 12.1 Å². The van der Waals surface area contributed by atoms with Gasteiger partial charge in [-0.15, -0.1) is 0 Å². The highest BCUT2D eigenvalue weighted by Crippen LogP contribution is 2.20. The Kier molecular flexibility index (Phi) is 3.99. The van der Waals surface area contributed by atoms with Crippen molar-refractivity contribution in [1.29, 1.82) is 0 Å². The third-order valence-corrected chi connectivity index (χ3v) is 1.67. The molecule has 16 heavy (non-hydrogen) atoms. The quantitative estimate of drug-likeness (QED) is 0.584. The fourth-order valence-corrected chi connectivity index (χ4v) is 1.11. The van der Waals surface area contributed by atoms with E-state index in [1.165, 1.54) is 32.0 Å². The molecule has 86 valence electrons. The van der Waals surface area contributed by atoms with Gasteiger partial charge in [0, 0.05) is 19.4 Å². The Morgan fingerprint density at radius 2 is 1.75 bits per heavy atom. The van der Waals surface area contributed by atoms with Crippen molar-refractivity contribution in [3.63, 3.8) is 0 Å². The van der Waals surface area contributed by atoms with Crippen molar-refractivity contribution in [3.05, 3.63) is 35.6 Å². The van der Waals surface area contributed by atoms with E-state index in [-0.39, 0.29) is 5.56 Å². The number of esters is 2. The van der Waals surface area contributed by atoms with Gasteiger partial charge in [0.05, 0.1) is 0 Å². The monoisotopic (exact) mass is 226 g/mol. The summed E-state index contributed by atoms with van der Waals surface area (Å²) in [5, 5.41) is 0. The van der Waals surface area contributed by atoms with Gasteiger partial charge in [-0.2, -0.15) is 0 Å². The predicted molar refractivity (Wildman–Crippen MR) is 52.7 cm³/mol. The third kappa shape index (κ3) is 3.68. The first-order chi connectivity index (χ1) is 7.49. The number of carbonyl (C=O) groups is 2. The lowest BCUT2D eigenvalue weighted by atomic mass is 10.2. The summed E-state index contributed by atoms with van der Waals surface area (Å²) in [6, 6.07) is 5.31. The second kappa shape index (κ2) is 5.25.